The van der Waals surface area contributed by atoms with Crippen molar-refractivity contribution in [1.82, 2.24) is 20.2 Å². The Morgan fingerprint density at radius 1 is 1.28 bits per heavy atom. The van der Waals surface area contributed by atoms with E-state index in [1.807, 2.05) is 19.1 Å². The maximum atomic E-state index is 15.1. The molecule has 152 valence electrons. The topological polar surface area (TPSA) is 61.0 Å². The molecular formula is C22H24F2N4O. The second-order valence-corrected chi connectivity index (χ2v) is 7.77. The normalized spacial score (nSPS) is 16.3. The summed E-state index contributed by atoms with van der Waals surface area (Å²) in [6, 6.07) is 8.22. The van der Waals surface area contributed by atoms with Crippen LogP contribution in [-0.2, 0) is 6.54 Å². The van der Waals surface area contributed by atoms with E-state index in [1.165, 1.54) is 12.1 Å². The first-order valence-electron chi connectivity index (χ1n) is 9.81. The van der Waals surface area contributed by atoms with E-state index in [0.29, 0.717) is 36.1 Å². The number of carbonyl (C=O) groups excluding carboxylic acids is 1. The largest absolute Gasteiger partial charge is 0.360 e. The van der Waals surface area contributed by atoms with Gasteiger partial charge in [-0.3, -0.25) is 9.78 Å². The van der Waals surface area contributed by atoms with Gasteiger partial charge in [0.1, 0.15) is 11.5 Å². The molecule has 1 amide bonds. The van der Waals surface area contributed by atoms with Crippen LogP contribution in [0.1, 0.15) is 34.5 Å². The first kappa shape index (κ1) is 19.5. The van der Waals surface area contributed by atoms with Crippen LogP contribution in [0.2, 0.25) is 0 Å². The highest BCUT2D eigenvalue weighted by atomic mass is 19.1. The summed E-state index contributed by atoms with van der Waals surface area (Å²) in [5.74, 6) is -0.506. The SMILES string of the molecule is Cc1ccc(CNCC2(F)CCN(C(=O)c3c[nH]c4cc(F)ccc34)CC2)nc1. The van der Waals surface area contributed by atoms with E-state index in [9.17, 15) is 9.18 Å². The van der Waals surface area contributed by atoms with Gasteiger partial charge in [-0.25, -0.2) is 8.78 Å². The summed E-state index contributed by atoms with van der Waals surface area (Å²) in [6.45, 7) is 3.43. The van der Waals surface area contributed by atoms with Gasteiger partial charge in [-0.2, -0.15) is 0 Å². The predicted octanol–water partition coefficient (Wildman–Crippen LogP) is 3.74. The van der Waals surface area contributed by atoms with E-state index in [-0.39, 0.29) is 31.1 Å². The van der Waals surface area contributed by atoms with Crippen molar-refractivity contribution in [3.63, 3.8) is 0 Å². The zero-order chi connectivity index (χ0) is 20.4. The van der Waals surface area contributed by atoms with E-state index in [1.54, 1.807) is 23.4 Å². The molecule has 1 saturated heterocycles. The van der Waals surface area contributed by atoms with Crippen molar-refractivity contribution < 1.29 is 13.6 Å². The minimum absolute atomic E-state index is 0.151. The number of hydrogen-bond acceptors (Lipinski definition) is 3. The molecule has 0 spiro atoms. The number of aromatic nitrogens is 2. The van der Waals surface area contributed by atoms with Gasteiger partial charge in [-0.15, -0.1) is 0 Å². The van der Waals surface area contributed by atoms with Crippen LogP contribution >= 0.6 is 0 Å². The van der Waals surface area contributed by atoms with E-state index in [4.69, 9.17) is 0 Å². The summed E-state index contributed by atoms with van der Waals surface area (Å²) in [6.07, 6.45) is 3.96. The van der Waals surface area contributed by atoms with Crippen LogP contribution in [0.3, 0.4) is 0 Å². The lowest BCUT2D eigenvalue weighted by Crippen LogP contribution is -2.48. The highest BCUT2D eigenvalue weighted by Crippen LogP contribution is 2.28. The monoisotopic (exact) mass is 398 g/mol. The number of hydrogen-bond donors (Lipinski definition) is 2. The van der Waals surface area contributed by atoms with Crippen molar-refractivity contribution in [2.45, 2.75) is 32.0 Å². The number of H-pyrrole nitrogens is 1. The standard InChI is InChI=1S/C22H24F2N4O/c1-15-2-4-17(26-11-15)12-25-14-22(24)6-8-28(9-7-22)21(29)19-13-27-20-10-16(23)3-5-18(19)20/h2-5,10-11,13,25,27H,6-9,12,14H2,1H3. The Morgan fingerprint density at radius 2 is 2.07 bits per heavy atom. The van der Waals surface area contributed by atoms with Gasteiger partial charge >= 0.3 is 0 Å². The Hall–Kier alpha value is -2.80. The molecule has 1 aromatic carbocycles. The zero-order valence-electron chi connectivity index (χ0n) is 16.3. The molecule has 0 unspecified atom stereocenters. The van der Waals surface area contributed by atoms with Crippen molar-refractivity contribution in [3.05, 3.63) is 65.4 Å². The number of fused-ring (bicyclic) bond motifs is 1. The lowest BCUT2D eigenvalue weighted by molar-refractivity contribution is 0.0436. The number of rotatable bonds is 5. The van der Waals surface area contributed by atoms with Gasteiger partial charge < -0.3 is 15.2 Å². The molecule has 0 atom stereocenters. The van der Waals surface area contributed by atoms with Crippen LogP contribution in [0.5, 0.6) is 0 Å². The van der Waals surface area contributed by atoms with Gasteiger partial charge in [0.25, 0.3) is 5.91 Å². The molecule has 7 heteroatoms. The zero-order valence-corrected chi connectivity index (χ0v) is 16.3. The molecule has 0 bridgehead atoms. The minimum atomic E-state index is -1.34. The molecule has 1 fully saturated rings. The summed E-state index contributed by atoms with van der Waals surface area (Å²) in [5, 5.41) is 3.83. The Balaban J connectivity index is 1.33. The van der Waals surface area contributed by atoms with Crippen LogP contribution in [0.25, 0.3) is 10.9 Å². The average Bonchev–Trinajstić information content (AvgIpc) is 3.12. The summed E-state index contributed by atoms with van der Waals surface area (Å²) >= 11 is 0. The molecule has 3 heterocycles. The fraction of sp³-hybridized carbons (Fsp3) is 0.364. The number of amides is 1. The van der Waals surface area contributed by atoms with Crippen LogP contribution < -0.4 is 5.32 Å². The molecule has 29 heavy (non-hydrogen) atoms. The van der Waals surface area contributed by atoms with Crippen LogP contribution in [0.15, 0.2) is 42.7 Å². The number of halogens is 2. The lowest BCUT2D eigenvalue weighted by atomic mass is 9.92. The van der Waals surface area contributed by atoms with Crippen molar-refractivity contribution >= 4 is 16.8 Å². The molecular weight excluding hydrogens is 374 g/mol. The average molecular weight is 398 g/mol. The number of pyridine rings is 1. The molecule has 2 N–H and O–H groups in total. The second kappa shape index (κ2) is 7.91. The molecule has 0 radical (unpaired) electrons. The van der Waals surface area contributed by atoms with E-state index < -0.39 is 5.67 Å². The molecule has 0 saturated carbocycles. The summed E-state index contributed by atoms with van der Waals surface area (Å²) in [7, 11) is 0. The number of carbonyl (C=O) groups is 1. The third-order valence-corrected chi connectivity index (χ3v) is 5.54. The van der Waals surface area contributed by atoms with Gasteiger partial charge in [0, 0.05) is 62.3 Å². The van der Waals surface area contributed by atoms with Crippen molar-refractivity contribution in [2.75, 3.05) is 19.6 Å². The smallest absolute Gasteiger partial charge is 0.256 e. The maximum absolute atomic E-state index is 15.1. The van der Waals surface area contributed by atoms with Crippen LogP contribution in [0.4, 0.5) is 8.78 Å². The number of aromatic amines is 1. The highest BCUT2D eigenvalue weighted by Gasteiger charge is 2.36. The van der Waals surface area contributed by atoms with Crippen LogP contribution in [0, 0.1) is 12.7 Å². The fourth-order valence-electron chi connectivity index (χ4n) is 3.75. The predicted molar refractivity (Wildman–Crippen MR) is 108 cm³/mol. The first-order valence-corrected chi connectivity index (χ1v) is 9.81. The Kier molecular flexibility index (Phi) is 5.32. The Morgan fingerprint density at radius 3 is 2.79 bits per heavy atom. The number of benzene rings is 1. The quantitative estimate of drug-likeness (QED) is 0.688. The van der Waals surface area contributed by atoms with Gasteiger partial charge in [0.2, 0.25) is 0 Å². The third kappa shape index (κ3) is 4.29. The van der Waals surface area contributed by atoms with Gasteiger partial charge in [0.15, 0.2) is 0 Å². The molecule has 2 aromatic heterocycles. The van der Waals surface area contributed by atoms with Crippen LogP contribution in [-0.4, -0.2) is 46.1 Å². The maximum Gasteiger partial charge on any atom is 0.256 e. The van der Waals surface area contributed by atoms with Crippen molar-refractivity contribution in [3.8, 4) is 0 Å². The van der Waals surface area contributed by atoms with Crippen molar-refractivity contribution in [1.29, 1.82) is 0 Å². The van der Waals surface area contributed by atoms with Crippen molar-refractivity contribution in [2.24, 2.45) is 0 Å². The number of piperidine rings is 1. The third-order valence-electron chi connectivity index (χ3n) is 5.54. The fourth-order valence-corrected chi connectivity index (χ4v) is 3.75. The molecule has 0 aliphatic carbocycles. The summed E-state index contributed by atoms with van der Waals surface area (Å²) in [4.78, 5) is 21.8. The molecule has 3 aromatic rings. The van der Waals surface area contributed by atoms with E-state index >= 15 is 4.39 Å². The summed E-state index contributed by atoms with van der Waals surface area (Å²) in [5.41, 5.74) is 1.70. The lowest BCUT2D eigenvalue weighted by Gasteiger charge is -2.36. The molecule has 4 rings (SSSR count). The number of nitrogens with one attached hydrogen (secondary N) is 2. The van der Waals surface area contributed by atoms with Gasteiger partial charge in [-0.05, 0) is 36.8 Å². The number of nitrogens with zero attached hydrogens (tertiary/aromatic N) is 2. The molecule has 5 nitrogen and oxygen atoms in total. The molecule has 1 aliphatic heterocycles. The Bertz CT molecular complexity index is 1010. The second-order valence-electron chi connectivity index (χ2n) is 7.77. The first-order chi connectivity index (χ1) is 13.9. The van der Waals surface area contributed by atoms with E-state index in [0.717, 1.165) is 11.3 Å². The van der Waals surface area contributed by atoms with E-state index in [2.05, 4.69) is 15.3 Å². The Labute approximate surface area is 168 Å². The highest BCUT2D eigenvalue weighted by molar-refractivity contribution is 6.06. The number of aryl methyl sites for hydroxylation is 1. The van der Waals surface area contributed by atoms with Gasteiger partial charge in [-0.1, -0.05) is 6.07 Å². The number of likely N-dealkylation sites (tertiary alicyclic amines) is 1. The minimum Gasteiger partial charge on any atom is -0.360 e. The molecule has 1 aliphatic rings. The van der Waals surface area contributed by atoms with Gasteiger partial charge in [0.05, 0.1) is 11.3 Å². The summed E-state index contributed by atoms with van der Waals surface area (Å²) < 4.78 is 28.5. The number of alkyl halides is 1.